The molecule has 0 atom stereocenters. The third-order valence-corrected chi connectivity index (χ3v) is 2.87. The van der Waals surface area contributed by atoms with Crippen molar-refractivity contribution >= 4 is 27.7 Å². The van der Waals surface area contributed by atoms with Crippen LogP contribution in [-0.2, 0) is 0 Å². The zero-order valence-corrected chi connectivity index (χ0v) is 9.35. The lowest BCUT2D eigenvalue weighted by Crippen LogP contribution is -2.11. The molecule has 1 heterocycles. The summed E-state index contributed by atoms with van der Waals surface area (Å²) < 4.78 is 13.2. The van der Waals surface area contributed by atoms with Gasteiger partial charge < -0.3 is 5.73 Å². The Morgan fingerprint density at radius 2 is 1.94 bits per heavy atom. The Hall–Kier alpha value is -2.49. The van der Waals surface area contributed by atoms with Crippen molar-refractivity contribution in [2.75, 3.05) is 0 Å². The number of carbonyl (C=O) groups excluding carboxylic acids is 1. The number of rotatable bonds is 1. The van der Waals surface area contributed by atoms with E-state index in [1.165, 1.54) is 12.1 Å². The van der Waals surface area contributed by atoms with E-state index in [2.05, 4.69) is 4.98 Å². The minimum atomic E-state index is -0.538. The minimum Gasteiger partial charge on any atom is -0.366 e. The Morgan fingerprint density at radius 1 is 1.11 bits per heavy atom. The molecular formula is C14H9FN2O. The third kappa shape index (κ3) is 1.59. The summed E-state index contributed by atoms with van der Waals surface area (Å²) >= 11 is 0. The van der Waals surface area contributed by atoms with Gasteiger partial charge in [-0.15, -0.1) is 0 Å². The number of fused-ring (bicyclic) bond motifs is 2. The van der Waals surface area contributed by atoms with Crippen LogP contribution < -0.4 is 5.73 Å². The molecule has 0 fully saturated rings. The molecule has 0 radical (unpaired) electrons. The maximum Gasteiger partial charge on any atom is 0.250 e. The Kier molecular flexibility index (Phi) is 2.23. The maximum absolute atomic E-state index is 13.2. The van der Waals surface area contributed by atoms with Gasteiger partial charge in [0.25, 0.3) is 5.91 Å². The molecule has 3 nitrogen and oxygen atoms in total. The molecule has 2 aromatic carbocycles. The van der Waals surface area contributed by atoms with Gasteiger partial charge in [0.2, 0.25) is 0 Å². The molecule has 88 valence electrons. The van der Waals surface area contributed by atoms with Crippen LogP contribution in [0.4, 0.5) is 4.39 Å². The molecule has 4 heteroatoms. The number of benzene rings is 2. The fourth-order valence-corrected chi connectivity index (χ4v) is 2.03. The summed E-state index contributed by atoms with van der Waals surface area (Å²) in [5.74, 6) is -0.894. The van der Waals surface area contributed by atoms with Crippen molar-refractivity contribution < 1.29 is 9.18 Å². The molecule has 0 spiro atoms. The normalized spacial score (nSPS) is 10.9. The van der Waals surface area contributed by atoms with Gasteiger partial charge in [-0.1, -0.05) is 12.1 Å². The standard InChI is InChI=1S/C14H9FN2O/c15-10-5-4-8-6-9-2-1-3-11(14(16)18)13(9)17-12(8)7-10/h1-7H,(H2,16,18). The summed E-state index contributed by atoms with van der Waals surface area (Å²) in [6.07, 6.45) is 0. The predicted octanol–water partition coefficient (Wildman–Crippen LogP) is 2.63. The number of amides is 1. The van der Waals surface area contributed by atoms with Gasteiger partial charge in [0, 0.05) is 16.8 Å². The number of carbonyl (C=O) groups is 1. The number of hydrogen-bond donors (Lipinski definition) is 1. The van der Waals surface area contributed by atoms with Crippen molar-refractivity contribution in [3.8, 4) is 0 Å². The van der Waals surface area contributed by atoms with Gasteiger partial charge in [-0.3, -0.25) is 4.79 Å². The number of para-hydroxylation sites is 1. The second-order valence-corrected chi connectivity index (χ2v) is 4.07. The Morgan fingerprint density at radius 3 is 2.72 bits per heavy atom. The van der Waals surface area contributed by atoms with Crippen LogP contribution >= 0.6 is 0 Å². The molecule has 1 aromatic heterocycles. The van der Waals surface area contributed by atoms with E-state index >= 15 is 0 Å². The van der Waals surface area contributed by atoms with Crippen molar-refractivity contribution in [1.82, 2.24) is 4.98 Å². The summed E-state index contributed by atoms with van der Waals surface area (Å²) in [6.45, 7) is 0. The number of halogens is 1. The van der Waals surface area contributed by atoms with Gasteiger partial charge >= 0.3 is 0 Å². The second-order valence-electron chi connectivity index (χ2n) is 4.07. The highest BCUT2D eigenvalue weighted by Gasteiger charge is 2.09. The van der Waals surface area contributed by atoms with Crippen LogP contribution in [0.5, 0.6) is 0 Å². The van der Waals surface area contributed by atoms with E-state index < -0.39 is 5.91 Å². The molecule has 3 rings (SSSR count). The van der Waals surface area contributed by atoms with E-state index in [1.54, 1.807) is 18.2 Å². The van der Waals surface area contributed by atoms with Crippen LogP contribution in [0.3, 0.4) is 0 Å². The topological polar surface area (TPSA) is 56.0 Å². The molecule has 0 aliphatic rings. The van der Waals surface area contributed by atoms with Crippen molar-refractivity contribution in [2.24, 2.45) is 5.73 Å². The van der Waals surface area contributed by atoms with Crippen LogP contribution in [0.2, 0.25) is 0 Å². The lowest BCUT2D eigenvalue weighted by molar-refractivity contribution is 0.100. The molecule has 3 aromatic rings. The average Bonchev–Trinajstić information content (AvgIpc) is 2.35. The number of pyridine rings is 1. The SMILES string of the molecule is NC(=O)c1cccc2cc3ccc(F)cc3nc12. The van der Waals surface area contributed by atoms with E-state index in [1.807, 2.05) is 12.1 Å². The van der Waals surface area contributed by atoms with Crippen LogP contribution in [0.15, 0.2) is 42.5 Å². The zero-order chi connectivity index (χ0) is 12.7. The zero-order valence-electron chi connectivity index (χ0n) is 9.35. The van der Waals surface area contributed by atoms with Crippen LogP contribution in [0.25, 0.3) is 21.8 Å². The van der Waals surface area contributed by atoms with Crippen molar-refractivity contribution in [3.63, 3.8) is 0 Å². The molecule has 0 unspecified atom stereocenters. The van der Waals surface area contributed by atoms with Crippen molar-refractivity contribution in [1.29, 1.82) is 0 Å². The number of nitrogens with two attached hydrogens (primary N) is 1. The molecule has 0 saturated heterocycles. The molecule has 0 aliphatic carbocycles. The second kappa shape index (κ2) is 3.77. The van der Waals surface area contributed by atoms with E-state index in [-0.39, 0.29) is 5.82 Å². The minimum absolute atomic E-state index is 0.346. The number of hydrogen-bond acceptors (Lipinski definition) is 2. The fourth-order valence-electron chi connectivity index (χ4n) is 2.03. The van der Waals surface area contributed by atoms with Gasteiger partial charge in [0.1, 0.15) is 5.82 Å². The Bertz CT molecular complexity index is 783. The fraction of sp³-hybridized carbons (Fsp3) is 0. The van der Waals surface area contributed by atoms with E-state index in [4.69, 9.17) is 5.73 Å². The Balaban J connectivity index is 2.45. The molecule has 18 heavy (non-hydrogen) atoms. The maximum atomic E-state index is 13.2. The smallest absolute Gasteiger partial charge is 0.250 e. The highest BCUT2D eigenvalue weighted by molar-refractivity contribution is 6.07. The van der Waals surface area contributed by atoms with Gasteiger partial charge in [-0.25, -0.2) is 9.37 Å². The molecule has 0 bridgehead atoms. The first-order valence-electron chi connectivity index (χ1n) is 5.44. The summed E-state index contributed by atoms with van der Waals surface area (Å²) in [4.78, 5) is 15.6. The first kappa shape index (κ1) is 10.7. The van der Waals surface area contributed by atoms with E-state index in [0.29, 0.717) is 16.6 Å². The number of nitrogens with zero attached hydrogens (tertiary/aromatic N) is 1. The largest absolute Gasteiger partial charge is 0.366 e. The number of aromatic nitrogens is 1. The predicted molar refractivity (Wildman–Crippen MR) is 67.7 cm³/mol. The van der Waals surface area contributed by atoms with Gasteiger partial charge in [0.05, 0.1) is 16.6 Å². The molecular weight excluding hydrogens is 231 g/mol. The van der Waals surface area contributed by atoms with Crippen LogP contribution in [-0.4, -0.2) is 10.9 Å². The summed E-state index contributed by atoms with van der Waals surface area (Å²) in [6, 6.07) is 11.5. The average molecular weight is 240 g/mol. The van der Waals surface area contributed by atoms with Gasteiger partial charge in [-0.05, 0) is 24.3 Å². The van der Waals surface area contributed by atoms with Crippen LogP contribution in [0.1, 0.15) is 10.4 Å². The Labute approximate surface area is 102 Å². The van der Waals surface area contributed by atoms with Crippen molar-refractivity contribution in [3.05, 3.63) is 53.8 Å². The molecule has 2 N–H and O–H groups in total. The van der Waals surface area contributed by atoms with Gasteiger partial charge in [0.15, 0.2) is 0 Å². The first-order valence-corrected chi connectivity index (χ1v) is 5.44. The van der Waals surface area contributed by atoms with Crippen molar-refractivity contribution in [2.45, 2.75) is 0 Å². The monoisotopic (exact) mass is 240 g/mol. The highest BCUT2D eigenvalue weighted by Crippen LogP contribution is 2.22. The molecule has 0 saturated carbocycles. The molecule has 1 amide bonds. The molecule has 0 aliphatic heterocycles. The third-order valence-electron chi connectivity index (χ3n) is 2.87. The summed E-state index contributed by atoms with van der Waals surface area (Å²) in [5.41, 5.74) is 6.66. The number of primary amides is 1. The van der Waals surface area contributed by atoms with Crippen LogP contribution in [0, 0.1) is 5.82 Å². The highest BCUT2D eigenvalue weighted by atomic mass is 19.1. The van der Waals surface area contributed by atoms with E-state index in [0.717, 1.165) is 10.8 Å². The first-order chi connectivity index (χ1) is 8.65. The van der Waals surface area contributed by atoms with E-state index in [9.17, 15) is 9.18 Å². The lowest BCUT2D eigenvalue weighted by atomic mass is 10.1. The van der Waals surface area contributed by atoms with Gasteiger partial charge in [-0.2, -0.15) is 0 Å². The summed E-state index contributed by atoms with van der Waals surface area (Å²) in [7, 11) is 0. The lowest BCUT2D eigenvalue weighted by Gasteiger charge is -2.04. The quantitative estimate of drug-likeness (QED) is 0.665. The summed E-state index contributed by atoms with van der Waals surface area (Å²) in [5, 5.41) is 1.64.